The van der Waals surface area contributed by atoms with Crippen LogP contribution in [-0.2, 0) is 16.3 Å². The molecule has 3 aromatic rings. The minimum Gasteiger partial charge on any atom is -0.348 e. The van der Waals surface area contributed by atoms with Gasteiger partial charge in [0.2, 0.25) is 0 Å². The van der Waals surface area contributed by atoms with E-state index in [1.807, 2.05) is 0 Å². The lowest BCUT2D eigenvalue weighted by Gasteiger charge is -2.31. The Morgan fingerprint density at radius 1 is 1.16 bits per heavy atom. The number of aromatic nitrogens is 1. The first-order chi connectivity index (χ1) is 14.7. The number of thiazole rings is 1. The fourth-order valence-corrected chi connectivity index (χ4v) is 7.10. The van der Waals surface area contributed by atoms with E-state index in [2.05, 4.69) is 42.3 Å². The quantitative estimate of drug-likeness (QED) is 0.449. The molecule has 2 heterocycles. The van der Waals surface area contributed by atoms with E-state index in [4.69, 9.17) is 16.6 Å². The molecule has 1 aromatic heterocycles. The van der Waals surface area contributed by atoms with Crippen molar-refractivity contribution in [1.29, 1.82) is 0 Å². The number of hydrogen-bond donors (Lipinski definition) is 0. The van der Waals surface area contributed by atoms with E-state index < -0.39 is 20.9 Å². The van der Waals surface area contributed by atoms with Crippen molar-refractivity contribution in [3.05, 3.63) is 75.0 Å². The summed E-state index contributed by atoms with van der Waals surface area (Å²) in [5.41, 5.74) is 4.80. The van der Waals surface area contributed by atoms with Crippen LogP contribution in [0.3, 0.4) is 0 Å². The molecular formula is C23H24ClFN2O2S2. The summed E-state index contributed by atoms with van der Waals surface area (Å²) >= 11 is 7.61. The van der Waals surface area contributed by atoms with Crippen molar-refractivity contribution in [2.24, 2.45) is 0 Å². The number of rotatable bonds is 5. The average molecular weight is 479 g/mol. The van der Waals surface area contributed by atoms with Crippen LogP contribution in [0.25, 0.3) is 0 Å². The fourth-order valence-electron chi connectivity index (χ4n) is 3.95. The molecular weight excluding hydrogens is 455 g/mol. The summed E-state index contributed by atoms with van der Waals surface area (Å²) < 4.78 is 39.3. The number of sulfone groups is 1. The summed E-state index contributed by atoms with van der Waals surface area (Å²) in [7, 11) is -3.60. The molecule has 164 valence electrons. The molecule has 1 aliphatic rings. The normalized spacial score (nSPS) is 15.4. The van der Waals surface area contributed by atoms with Gasteiger partial charge in [0.15, 0.2) is 15.0 Å². The van der Waals surface area contributed by atoms with Crippen molar-refractivity contribution in [2.45, 2.75) is 43.3 Å². The Labute approximate surface area is 191 Å². The molecule has 0 atom stereocenters. The molecule has 0 amide bonds. The van der Waals surface area contributed by atoms with E-state index in [1.165, 1.54) is 22.8 Å². The molecule has 0 N–H and O–H groups in total. The zero-order chi connectivity index (χ0) is 22.2. The second kappa shape index (κ2) is 8.88. The molecule has 8 heteroatoms. The zero-order valence-corrected chi connectivity index (χ0v) is 19.8. The molecule has 4 rings (SSSR count). The SMILES string of the molecule is Cc1ccc(C)c(Cc2csc(N3CCC(S(=O)(=O)c4ccc(F)cc4Cl)CC3)n2)c1. The Morgan fingerprint density at radius 3 is 2.61 bits per heavy atom. The van der Waals surface area contributed by atoms with E-state index in [1.54, 1.807) is 11.3 Å². The van der Waals surface area contributed by atoms with Crippen LogP contribution in [0.15, 0.2) is 46.7 Å². The third-order valence-electron chi connectivity index (χ3n) is 5.77. The number of benzene rings is 2. The highest BCUT2D eigenvalue weighted by atomic mass is 35.5. The third-order valence-corrected chi connectivity index (χ3v) is 9.46. The van der Waals surface area contributed by atoms with Crippen LogP contribution >= 0.6 is 22.9 Å². The first kappa shape index (κ1) is 22.2. The largest absolute Gasteiger partial charge is 0.348 e. The topological polar surface area (TPSA) is 50.3 Å². The van der Waals surface area contributed by atoms with Crippen LogP contribution in [0.4, 0.5) is 9.52 Å². The molecule has 0 bridgehead atoms. The van der Waals surface area contributed by atoms with Gasteiger partial charge in [0.1, 0.15) is 5.82 Å². The van der Waals surface area contributed by atoms with Gasteiger partial charge in [-0.05, 0) is 56.0 Å². The van der Waals surface area contributed by atoms with E-state index in [9.17, 15) is 12.8 Å². The van der Waals surface area contributed by atoms with Gasteiger partial charge in [-0.3, -0.25) is 0 Å². The molecule has 0 unspecified atom stereocenters. The number of anilines is 1. The average Bonchev–Trinajstić information content (AvgIpc) is 3.19. The number of hydrogen-bond acceptors (Lipinski definition) is 5. The lowest BCUT2D eigenvalue weighted by molar-refractivity contribution is 0.529. The predicted molar refractivity (Wildman–Crippen MR) is 125 cm³/mol. The summed E-state index contributed by atoms with van der Waals surface area (Å²) in [6.07, 6.45) is 1.77. The van der Waals surface area contributed by atoms with Crippen molar-refractivity contribution in [1.82, 2.24) is 4.98 Å². The number of piperidine rings is 1. The highest BCUT2D eigenvalue weighted by Gasteiger charge is 2.33. The van der Waals surface area contributed by atoms with Crippen molar-refractivity contribution in [3.63, 3.8) is 0 Å². The van der Waals surface area contributed by atoms with E-state index >= 15 is 0 Å². The molecule has 2 aromatic carbocycles. The van der Waals surface area contributed by atoms with Gasteiger partial charge in [0.25, 0.3) is 0 Å². The van der Waals surface area contributed by atoms with Gasteiger partial charge in [0.05, 0.1) is 20.9 Å². The summed E-state index contributed by atoms with van der Waals surface area (Å²) in [6.45, 7) is 5.42. The zero-order valence-electron chi connectivity index (χ0n) is 17.4. The second-order valence-electron chi connectivity index (χ2n) is 8.03. The van der Waals surface area contributed by atoms with Crippen LogP contribution < -0.4 is 4.90 Å². The minimum atomic E-state index is -3.60. The Hall–Kier alpha value is -1.96. The molecule has 0 aliphatic carbocycles. The summed E-state index contributed by atoms with van der Waals surface area (Å²) in [6, 6.07) is 9.90. The smallest absolute Gasteiger partial charge is 0.185 e. The Kier molecular flexibility index (Phi) is 6.37. The number of aryl methyl sites for hydroxylation is 2. The standard InChI is InChI=1S/C23H24ClFN2O2S2/c1-15-3-4-16(2)17(11-15)12-19-14-30-23(26-19)27-9-7-20(8-10-27)31(28,29)22-6-5-18(25)13-21(22)24/h3-6,11,13-14,20H,7-10,12H2,1-2H3. The van der Waals surface area contributed by atoms with E-state index in [-0.39, 0.29) is 9.92 Å². The van der Waals surface area contributed by atoms with Gasteiger partial charge >= 0.3 is 0 Å². The number of nitrogens with zero attached hydrogens (tertiary/aromatic N) is 2. The third kappa shape index (κ3) is 4.78. The van der Waals surface area contributed by atoms with Crippen LogP contribution in [0.5, 0.6) is 0 Å². The Balaban J connectivity index is 1.43. The second-order valence-corrected chi connectivity index (χ2v) is 11.5. The lowest BCUT2D eigenvalue weighted by atomic mass is 10.0. The molecule has 0 radical (unpaired) electrons. The predicted octanol–water partition coefficient (Wildman–Crippen LogP) is 5.59. The minimum absolute atomic E-state index is 0.0130. The first-order valence-electron chi connectivity index (χ1n) is 10.2. The highest BCUT2D eigenvalue weighted by molar-refractivity contribution is 7.92. The maximum Gasteiger partial charge on any atom is 0.185 e. The van der Waals surface area contributed by atoms with Crippen molar-refractivity contribution < 1.29 is 12.8 Å². The van der Waals surface area contributed by atoms with Gasteiger partial charge in [-0.15, -0.1) is 11.3 Å². The van der Waals surface area contributed by atoms with Crippen LogP contribution in [-0.4, -0.2) is 31.7 Å². The molecule has 0 spiro atoms. The van der Waals surface area contributed by atoms with Gasteiger partial charge in [0, 0.05) is 24.9 Å². The Bertz CT molecular complexity index is 1200. The van der Waals surface area contributed by atoms with E-state index in [0.717, 1.165) is 29.4 Å². The van der Waals surface area contributed by atoms with Crippen molar-refractivity contribution in [2.75, 3.05) is 18.0 Å². The first-order valence-corrected chi connectivity index (χ1v) is 13.0. The summed E-state index contributed by atoms with van der Waals surface area (Å²) in [5.74, 6) is -0.542. The van der Waals surface area contributed by atoms with Crippen LogP contribution in [0.1, 0.15) is 35.2 Å². The van der Waals surface area contributed by atoms with Gasteiger partial charge in [-0.25, -0.2) is 17.8 Å². The summed E-state index contributed by atoms with van der Waals surface area (Å²) in [5, 5.41) is 2.42. The lowest BCUT2D eigenvalue weighted by Crippen LogP contribution is -2.39. The maximum absolute atomic E-state index is 13.3. The molecule has 1 saturated heterocycles. The maximum atomic E-state index is 13.3. The fraction of sp³-hybridized carbons (Fsp3) is 0.348. The van der Waals surface area contributed by atoms with Crippen LogP contribution in [0, 0.1) is 19.7 Å². The van der Waals surface area contributed by atoms with Gasteiger partial charge < -0.3 is 4.90 Å². The molecule has 0 saturated carbocycles. The van der Waals surface area contributed by atoms with E-state index in [0.29, 0.717) is 25.9 Å². The van der Waals surface area contributed by atoms with Crippen molar-refractivity contribution >= 4 is 37.9 Å². The monoisotopic (exact) mass is 478 g/mol. The Morgan fingerprint density at radius 2 is 1.90 bits per heavy atom. The van der Waals surface area contributed by atoms with Crippen LogP contribution in [0.2, 0.25) is 5.02 Å². The summed E-state index contributed by atoms with van der Waals surface area (Å²) in [4.78, 5) is 6.96. The molecule has 31 heavy (non-hydrogen) atoms. The van der Waals surface area contributed by atoms with Crippen molar-refractivity contribution in [3.8, 4) is 0 Å². The number of halogens is 2. The molecule has 4 nitrogen and oxygen atoms in total. The van der Waals surface area contributed by atoms with Gasteiger partial charge in [-0.1, -0.05) is 35.4 Å². The molecule has 1 aliphatic heterocycles. The van der Waals surface area contributed by atoms with Gasteiger partial charge in [-0.2, -0.15) is 0 Å². The molecule has 1 fully saturated rings. The highest BCUT2D eigenvalue weighted by Crippen LogP contribution is 2.32.